The monoisotopic (exact) mass is 278 g/mol. The number of rotatable bonds is 8. The second-order valence-electron chi connectivity index (χ2n) is 5.23. The van der Waals surface area contributed by atoms with E-state index < -0.39 is 6.10 Å². The second kappa shape index (κ2) is 8.59. The zero-order valence-electron chi connectivity index (χ0n) is 13.0. The van der Waals surface area contributed by atoms with Crippen molar-refractivity contribution in [2.24, 2.45) is 0 Å². The highest BCUT2D eigenvalue weighted by molar-refractivity contribution is 5.81. The molecule has 0 bridgehead atoms. The summed E-state index contributed by atoms with van der Waals surface area (Å²) < 4.78 is 5.81. The molecule has 0 fully saturated rings. The number of para-hydroxylation sites is 1. The molecule has 0 aliphatic heterocycles. The van der Waals surface area contributed by atoms with Crippen molar-refractivity contribution in [2.45, 2.75) is 32.8 Å². The standard InChI is InChI=1S/C16H26N2O2/c1-5-14(16(19)17-11-8-12-18(3)4)20-15-10-7-6-9-13(15)2/h6-7,9-10,14H,5,8,11-12H2,1-4H3,(H,17,19)/t14-/m0/s1. The number of hydrogen-bond donors (Lipinski definition) is 1. The molecule has 112 valence electrons. The normalized spacial score (nSPS) is 12.2. The van der Waals surface area contributed by atoms with Gasteiger partial charge in [0, 0.05) is 6.54 Å². The molecule has 20 heavy (non-hydrogen) atoms. The van der Waals surface area contributed by atoms with Gasteiger partial charge in [0.05, 0.1) is 0 Å². The molecule has 4 nitrogen and oxygen atoms in total. The zero-order chi connectivity index (χ0) is 15.0. The summed E-state index contributed by atoms with van der Waals surface area (Å²) in [5.74, 6) is 0.748. The van der Waals surface area contributed by atoms with Crippen molar-refractivity contribution >= 4 is 5.91 Å². The highest BCUT2D eigenvalue weighted by atomic mass is 16.5. The molecule has 0 radical (unpaired) electrons. The maximum Gasteiger partial charge on any atom is 0.261 e. The van der Waals surface area contributed by atoms with Gasteiger partial charge in [-0.3, -0.25) is 4.79 Å². The summed E-state index contributed by atoms with van der Waals surface area (Å²) in [6.07, 6.45) is 1.18. The van der Waals surface area contributed by atoms with Crippen LogP contribution in [0.3, 0.4) is 0 Å². The molecule has 0 unspecified atom stereocenters. The third-order valence-corrected chi connectivity index (χ3v) is 3.11. The van der Waals surface area contributed by atoms with Crippen LogP contribution in [0.15, 0.2) is 24.3 Å². The summed E-state index contributed by atoms with van der Waals surface area (Å²) in [5, 5.41) is 2.94. The zero-order valence-corrected chi connectivity index (χ0v) is 13.0. The third kappa shape index (κ3) is 5.61. The van der Waals surface area contributed by atoms with E-state index in [4.69, 9.17) is 4.74 Å². The van der Waals surface area contributed by atoms with Gasteiger partial charge >= 0.3 is 0 Å². The van der Waals surface area contributed by atoms with E-state index in [1.807, 2.05) is 52.2 Å². The summed E-state index contributed by atoms with van der Waals surface area (Å²) in [6.45, 7) is 5.60. The van der Waals surface area contributed by atoms with Crippen LogP contribution in [-0.4, -0.2) is 44.1 Å². The van der Waals surface area contributed by atoms with Gasteiger partial charge in [0.25, 0.3) is 5.91 Å². The predicted octanol–water partition coefficient (Wildman–Crippen LogP) is 2.22. The van der Waals surface area contributed by atoms with Gasteiger partial charge in [-0.25, -0.2) is 0 Å². The summed E-state index contributed by atoms with van der Waals surface area (Å²) in [7, 11) is 4.05. The number of nitrogens with one attached hydrogen (secondary N) is 1. The van der Waals surface area contributed by atoms with Gasteiger partial charge in [-0.2, -0.15) is 0 Å². The van der Waals surface area contributed by atoms with Crippen molar-refractivity contribution in [3.63, 3.8) is 0 Å². The minimum Gasteiger partial charge on any atom is -0.480 e. The first-order chi connectivity index (χ1) is 9.54. The van der Waals surface area contributed by atoms with Gasteiger partial charge < -0.3 is 15.0 Å². The molecule has 0 aliphatic carbocycles. The molecule has 1 aromatic carbocycles. The molecule has 1 N–H and O–H groups in total. The summed E-state index contributed by atoms with van der Waals surface area (Å²) in [6, 6.07) is 7.77. The van der Waals surface area contributed by atoms with Crippen molar-refractivity contribution in [3.05, 3.63) is 29.8 Å². The molecule has 0 aliphatic rings. The number of carbonyl (C=O) groups is 1. The minimum absolute atomic E-state index is 0.0329. The van der Waals surface area contributed by atoms with E-state index in [1.54, 1.807) is 0 Å². The fraction of sp³-hybridized carbons (Fsp3) is 0.562. The molecule has 1 atom stereocenters. The molecular formula is C16H26N2O2. The highest BCUT2D eigenvalue weighted by Gasteiger charge is 2.18. The molecule has 1 rings (SSSR count). The van der Waals surface area contributed by atoms with Crippen LogP contribution in [0.4, 0.5) is 0 Å². The molecule has 0 saturated heterocycles. The second-order valence-corrected chi connectivity index (χ2v) is 5.23. The van der Waals surface area contributed by atoms with Crippen LogP contribution in [-0.2, 0) is 4.79 Å². The molecular weight excluding hydrogens is 252 g/mol. The third-order valence-electron chi connectivity index (χ3n) is 3.11. The van der Waals surface area contributed by atoms with Crippen LogP contribution in [0.5, 0.6) is 5.75 Å². The van der Waals surface area contributed by atoms with Gasteiger partial charge in [0.2, 0.25) is 0 Å². The lowest BCUT2D eigenvalue weighted by atomic mass is 10.2. The fourth-order valence-electron chi connectivity index (χ4n) is 1.88. The summed E-state index contributed by atoms with van der Waals surface area (Å²) in [5.41, 5.74) is 1.05. The molecule has 4 heteroatoms. The highest BCUT2D eigenvalue weighted by Crippen LogP contribution is 2.18. The lowest BCUT2D eigenvalue weighted by Crippen LogP contribution is -2.39. The molecule has 1 aromatic rings. The van der Waals surface area contributed by atoms with Crippen LogP contribution in [0.1, 0.15) is 25.3 Å². The Morgan fingerprint density at radius 3 is 2.65 bits per heavy atom. The van der Waals surface area contributed by atoms with Crippen LogP contribution < -0.4 is 10.1 Å². The average molecular weight is 278 g/mol. The Bertz CT molecular complexity index is 419. The van der Waals surface area contributed by atoms with E-state index in [9.17, 15) is 4.79 Å². The van der Waals surface area contributed by atoms with E-state index in [-0.39, 0.29) is 5.91 Å². The summed E-state index contributed by atoms with van der Waals surface area (Å²) >= 11 is 0. The fourth-order valence-corrected chi connectivity index (χ4v) is 1.88. The van der Waals surface area contributed by atoms with E-state index >= 15 is 0 Å². The quantitative estimate of drug-likeness (QED) is 0.741. The van der Waals surface area contributed by atoms with Crippen LogP contribution in [0.25, 0.3) is 0 Å². The van der Waals surface area contributed by atoms with Gasteiger partial charge in [0.15, 0.2) is 6.10 Å². The number of benzene rings is 1. The van der Waals surface area contributed by atoms with E-state index in [0.717, 1.165) is 24.3 Å². The van der Waals surface area contributed by atoms with E-state index in [2.05, 4.69) is 10.2 Å². The van der Waals surface area contributed by atoms with E-state index in [0.29, 0.717) is 13.0 Å². The number of amides is 1. The molecule has 0 spiro atoms. The predicted molar refractivity (Wildman–Crippen MR) is 82.1 cm³/mol. The SMILES string of the molecule is CC[C@H](Oc1ccccc1C)C(=O)NCCCN(C)C. The van der Waals surface area contributed by atoms with Crippen molar-refractivity contribution in [1.82, 2.24) is 10.2 Å². The van der Waals surface area contributed by atoms with Crippen LogP contribution in [0.2, 0.25) is 0 Å². The first-order valence-electron chi connectivity index (χ1n) is 7.19. The molecule has 0 heterocycles. The smallest absolute Gasteiger partial charge is 0.261 e. The van der Waals surface area contributed by atoms with Gasteiger partial charge in [0.1, 0.15) is 5.75 Å². The molecule has 0 saturated carbocycles. The Morgan fingerprint density at radius 1 is 1.35 bits per heavy atom. The van der Waals surface area contributed by atoms with Crippen LogP contribution in [0, 0.1) is 6.92 Å². The number of ether oxygens (including phenoxy) is 1. The Labute approximate surface area is 122 Å². The maximum atomic E-state index is 12.1. The van der Waals surface area contributed by atoms with Crippen molar-refractivity contribution in [3.8, 4) is 5.75 Å². The first kappa shape index (κ1) is 16.5. The average Bonchev–Trinajstić information content (AvgIpc) is 2.42. The molecule has 1 amide bonds. The van der Waals surface area contributed by atoms with Gasteiger partial charge in [-0.1, -0.05) is 25.1 Å². The Balaban J connectivity index is 2.45. The minimum atomic E-state index is -0.421. The van der Waals surface area contributed by atoms with Gasteiger partial charge in [-0.05, 0) is 52.0 Å². The van der Waals surface area contributed by atoms with Crippen molar-refractivity contribution in [2.75, 3.05) is 27.2 Å². The summed E-state index contributed by atoms with van der Waals surface area (Å²) in [4.78, 5) is 14.2. The van der Waals surface area contributed by atoms with Gasteiger partial charge in [-0.15, -0.1) is 0 Å². The number of carbonyl (C=O) groups excluding carboxylic acids is 1. The molecule has 0 aromatic heterocycles. The topological polar surface area (TPSA) is 41.6 Å². The number of aryl methyl sites for hydroxylation is 1. The number of hydrogen-bond acceptors (Lipinski definition) is 3. The van der Waals surface area contributed by atoms with E-state index in [1.165, 1.54) is 0 Å². The maximum absolute atomic E-state index is 12.1. The largest absolute Gasteiger partial charge is 0.480 e. The Morgan fingerprint density at radius 2 is 2.05 bits per heavy atom. The Hall–Kier alpha value is -1.55. The van der Waals surface area contributed by atoms with Crippen molar-refractivity contribution in [1.29, 1.82) is 0 Å². The first-order valence-corrected chi connectivity index (χ1v) is 7.19. The van der Waals surface area contributed by atoms with Crippen LogP contribution >= 0.6 is 0 Å². The lowest BCUT2D eigenvalue weighted by Gasteiger charge is -2.19. The Kier molecular flexibility index (Phi) is 7.09. The van der Waals surface area contributed by atoms with Crippen molar-refractivity contribution < 1.29 is 9.53 Å². The number of nitrogens with zero attached hydrogens (tertiary/aromatic N) is 1. The lowest BCUT2D eigenvalue weighted by molar-refractivity contribution is -0.128.